The molecule has 0 aliphatic rings. The highest BCUT2D eigenvalue weighted by molar-refractivity contribution is 5.92. The Kier molecular flexibility index (Phi) is 4.51. The first kappa shape index (κ1) is 12.2. The molecule has 0 aliphatic carbocycles. The number of primary amides is 1. The number of anilines is 1. The molecule has 4 heteroatoms. The van der Waals surface area contributed by atoms with Crippen molar-refractivity contribution in [3.8, 4) is 0 Å². The Morgan fingerprint density at radius 3 is 2.31 bits per heavy atom. The number of nitrogens with two attached hydrogens (primary N) is 1. The molecule has 0 spiro atoms. The monoisotopic (exact) mass is 220 g/mol. The molecule has 0 aliphatic heterocycles. The quantitative estimate of drug-likeness (QED) is 0.788. The minimum absolute atomic E-state index is 0.0822. The van der Waals surface area contributed by atoms with E-state index < -0.39 is 5.91 Å². The molecule has 86 valence electrons. The van der Waals surface area contributed by atoms with Gasteiger partial charge in [0, 0.05) is 18.5 Å². The summed E-state index contributed by atoms with van der Waals surface area (Å²) in [5.74, 6) is -0.653. The standard InChI is InChI=1S/C12H16N2O2/c1-2-9-3-5-10(6-4-9)14-12(16)8-7-11(13)15/h3-6H,2,7-8H2,1H3,(H2,13,15)(H,14,16). The van der Waals surface area contributed by atoms with Gasteiger partial charge in [-0.2, -0.15) is 0 Å². The van der Waals surface area contributed by atoms with Crippen LogP contribution in [-0.4, -0.2) is 11.8 Å². The number of carbonyl (C=O) groups is 2. The van der Waals surface area contributed by atoms with E-state index in [2.05, 4.69) is 12.2 Å². The number of carbonyl (C=O) groups excluding carboxylic acids is 2. The summed E-state index contributed by atoms with van der Waals surface area (Å²) in [5.41, 5.74) is 6.91. The molecule has 1 aromatic rings. The second kappa shape index (κ2) is 5.90. The van der Waals surface area contributed by atoms with Gasteiger partial charge in [-0.3, -0.25) is 9.59 Å². The molecular formula is C12H16N2O2. The number of hydrogen-bond acceptors (Lipinski definition) is 2. The summed E-state index contributed by atoms with van der Waals surface area (Å²) in [6.07, 6.45) is 1.18. The number of hydrogen-bond donors (Lipinski definition) is 2. The Hall–Kier alpha value is -1.84. The van der Waals surface area contributed by atoms with Gasteiger partial charge in [-0.1, -0.05) is 19.1 Å². The van der Waals surface area contributed by atoms with Crippen LogP contribution in [0.1, 0.15) is 25.3 Å². The lowest BCUT2D eigenvalue weighted by molar-refractivity contribution is -0.122. The van der Waals surface area contributed by atoms with Crippen LogP contribution in [0.15, 0.2) is 24.3 Å². The van der Waals surface area contributed by atoms with E-state index in [1.54, 1.807) is 0 Å². The number of benzene rings is 1. The average Bonchev–Trinajstić information content (AvgIpc) is 2.27. The lowest BCUT2D eigenvalue weighted by Gasteiger charge is -2.05. The molecule has 0 saturated carbocycles. The van der Waals surface area contributed by atoms with Crippen molar-refractivity contribution >= 4 is 17.5 Å². The van der Waals surface area contributed by atoms with Gasteiger partial charge in [-0.15, -0.1) is 0 Å². The Bertz CT molecular complexity index is 371. The van der Waals surface area contributed by atoms with Crippen molar-refractivity contribution in [1.29, 1.82) is 0 Å². The van der Waals surface area contributed by atoms with E-state index >= 15 is 0 Å². The molecule has 0 bridgehead atoms. The first-order valence-corrected chi connectivity index (χ1v) is 5.29. The third kappa shape index (κ3) is 4.13. The van der Waals surface area contributed by atoms with Crippen LogP contribution in [0.3, 0.4) is 0 Å². The van der Waals surface area contributed by atoms with Crippen LogP contribution in [-0.2, 0) is 16.0 Å². The normalized spacial score (nSPS) is 9.81. The number of aryl methyl sites for hydroxylation is 1. The maximum absolute atomic E-state index is 11.4. The van der Waals surface area contributed by atoms with Crippen molar-refractivity contribution in [2.24, 2.45) is 5.73 Å². The fourth-order valence-electron chi connectivity index (χ4n) is 1.28. The van der Waals surface area contributed by atoms with Crippen LogP contribution in [0.25, 0.3) is 0 Å². The van der Waals surface area contributed by atoms with Gasteiger partial charge in [0.2, 0.25) is 11.8 Å². The molecule has 16 heavy (non-hydrogen) atoms. The van der Waals surface area contributed by atoms with Gasteiger partial charge in [0.15, 0.2) is 0 Å². The lowest BCUT2D eigenvalue weighted by atomic mass is 10.1. The summed E-state index contributed by atoms with van der Waals surface area (Å²) < 4.78 is 0. The van der Waals surface area contributed by atoms with Crippen molar-refractivity contribution in [3.63, 3.8) is 0 Å². The highest BCUT2D eigenvalue weighted by atomic mass is 16.2. The first-order chi connectivity index (χ1) is 7.61. The number of amides is 2. The molecule has 0 fully saturated rings. The molecule has 0 heterocycles. The molecule has 1 rings (SSSR count). The van der Waals surface area contributed by atoms with E-state index in [9.17, 15) is 9.59 Å². The first-order valence-electron chi connectivity index (χ1n) is 5.29. The molecule has 0 aromatic heterocycles. The number of nitrogens with one attached hydrogen (secondary N) is 1. The molecule has 3 N–H and O–H groups in total. The van der Waals surface area contributed by atoms with Gasteiger partial charge in [0.1, 0.15) is 0 Å². The van der Waals surface area contributed by atoms with E-state index in [0.717, 1.165) is 12.1 Å². The van der Waals surface area contributed by atoms with E-state index in [1.807, 2.05) is 24.3 Å². The second-order valence-corrected chi connectivity index (χ2v) is 3.56. The fourth-order valence-corrected chi connectivity index (χ4v) is 1.28. The van der Waals surface area contributed by atoms with Crippen molar-refractivity contribution in [1.82, 2.24) is 0 Å². The van der Waals surface area contributed by atoms with Gasteiger partial charge >= 0.3 is 0 Å². The minimum Gasteiger partial charge on any atom is -0.370 e. The molecule has 0 unspecified atom stereocenters. The highest BCUT2D eigenvalue weighted by Crippen LogP contribution is 2.10. The van der Waals surface area contributed by atoms with E-state index in [4.69, 9.17) is 5.73 Å². The van der Waals surface area contributed by atoms with Crippen LogP contribution in [0.5, 0.6) is 0 Å². The van der Waals surface area contributed by atoms with Gasteiger partial charge in [0.25, 0.3) is 0 Å². The zero-order valence-corrected chi connectivity index (χ0v) is 9.32. The Morgan fingerprint density at radius 1 is 1.19 bits per heavy atom. The van der Waals surface area contributed by atoms with Crippen LogP contribution in [0, 0.1) is 0 Å². The van der Waals surface area contributed by atoms with Gasteiger partial charge in [-0.25, -0.2) is 0 Å². The van der Waals surface area contributed by atoms with E-state index in [0.29, 0.717) is 0 Å². The summed E-state index contributed by atoms with van der Waals surface area (Å²) in [4.78, 5) is 21.8. The summed E-state index contributed by atoms with van der Waals surface area (Å²) >= 11 is 0. The summed E-state index contributed by atoms with van der Waals surface area (Å²) in [5, 5.41) is 2.70. The Morgan fingerprint density at radius 2 is 1.81 bits per heavy atom. The van der Waals surface area contributed by atoms with Crippen LogP contribution >= 0.6 is 0 Å². The zero-order valence-electron chi connectivity index (χ0n) is 9.32. The van der Waals surface area contributed by atoms with Gasteiger partial charge in [-0.05, 0) is 24.1 Å². The van der Waals surface area contributed by atoms with Crippen LogP contribution in [0.4, 0.5) is 5.69 Å². The van der Waals surface area contributed by atoms with Crippen molar-refractivity contribution < 1.29 is 9.59 Å². The minimum atomic E-state index is -0.462. The van der Waals surface area contributed by atoms with E-state index in [-0.39, 0.29) is 18.7 Å². The Labute approximate surface area is 94.8 Å². The molecular weight excluding hydrogens is 204 g/mol. The second-order valence-electron chi connectivity index (χ2n) is 3.56. The zero-order chi connectivity index (χ0) is 12.0. The van der Waals surface area contributed by atoms with Crippen molar-refractivity contribution in [3.05, 3.63) is 29.8 Å². The third-order valence-electron chi connectivity index (χ3n) is 2.24. The fraction of sp³-hybridized carbons (Fsp3) is 0.333. The van der Waals surface area contributed by atoms with Crippen molar-refractivity contribution in [2.45, 2.75) is 26.2 Å². The average molecular weight is 220 g/mol. The maximum atomic E-state index is 11.4. The topological polar surface area (TPSA) is 72.2 Å². The number of rotatable bonds is 5. The smallest absolute Gasteiger partial charge is 0.224 e. The largest absolute Gasteiger partial charge is 0.370 e. The van der Waals surface area contributed by atoms with E-state index in [1.165, 1.54) is 5.56 Å². The molecule has 0 saturated heterocycles. The SMILES string of the molecule is CCc1ccc(NC(=O)CCC(N)=O)cc1. The maximum Gasteiger partial charge on any atom is 0.224 e. The summed E-state index contributed by atoms with van der Waals surface area (Å²) in [6.45, 7) is 2.07. The van der Waals surface area contributed by atoms with Crippen molar-refractivity contribution in [2.75, 3.05) is 5.32 Å². The van der Waals surface area contributed by atoms with Gasteiger partial charge in [0.05, 0.1) is 0 Å². The molecule has 0 atom stereocenters. The Balaban J connectivity index is 2.46. The predicted octanol–water partition coefficient (Wildman–Crippen LogP) is 1.45. The third-order valence-corrected chi connectivity index (χ3v) is 2.24. The molecule has 1 aromatic carbocycles. The molecule has 4 nitrogen and oxygen atoms in total. The lowest BCUT2D eigenvalue weighted by Crippen LogP contribution is -2.17. The summed E-state index contributed by atoms with van der Waals surface area (Å²) in [6, 6.07) is 7.62. The van der Waals surface area contributed by atoms with Crippen LogP contribution < -0.4 is 11.1 Å². The predicted molar refractivity (Wildman–Crippen MR) is 62.9 cm³/mol. The molecule has 2 amide bonds. The summed E-state index contributed by atoms with van der Waals surface area (Å²) in [7, 11) is 0. The van der Waals surface area contributed by atoms with Crippen LogP contribution in [0.2, 0.25) is 0 Å². The van der Waals surface area contributed by atoms with Gasteiger partial charge < -0.3 is 11.1 Å². The molecule has 0 radical (unpaired) electrons. The highest BCUT2D eigenvalue weighted by Gasteiger charge is 2.04.